The molecule has 1 aliphatic carbocycles. The number of H-pyrrole nitrogens is 1. The van der Waals surface area contributed by atoms with Gasteiger partial charge in [0.15, 0.2) is 0 Å². The van der Waals surface area contributed by atoms with Gasteiger partial charge in [-0.25, -0.2) is 0 Å². The van der Waals surface area contributed by atoms with Gasteiger partial charge in [-0.1, -0.05) is 36.4 Å². The van der Waals surface area contributed by atoms with Crippen molar-refractivity contribution in [3.63, 3.8) is 0 Å². The fourth-order valence-corrected chi connectivity index (χ4v) is 4.26. The SMILES string of the molecule is CO.Cc1[nH]c2ccccc2c1CCNC1CCCc2cc(/C=C/O)ccc21.[Y]. The number of para-hydroxylation sites is 1. The average molecular weight is 467 g/mol. The number of aromatic amines is 1. The van der Waals surface area contributed by atoms with E-state index in [4.69, 9.17) is 10.2 Å². The molecule has 4 nitrogen and oxygen atoms in total. The van der Waals surface area contributed by atoms with E-state index in [0.717, 1.165) is 38.3 Å². The summed E-state index contributed by atoms with van der Waals surface area (Å²) >= 11 is 0. The minimum atomic E-state index is 0. The van der Waals surface area contributed by atoms with E-state index in [-0.39, 0.29) is 32.7 Å². The molecule has 1 unspecified atom stereocenters. The molecule has 0 saturated heterocycles. The number of fused-ring (bicyclic) bond motifs is 2. The molecule has 1 aromatic heterocycles. The number of hydrogen-bond donors (Lipinski definition) is 4. The van der Waals surface area contributed by atoms with E-state index in [0.29, 0.717) is 6.04 Å². The summed E-state index contributed by atoms with van der Waals surface area (Å²) in [4.78, 5) is 3.49. The molecule has 4 N–H and O–H groups in total. The Morgan fingerprint density at radius 2 is 1.97 bits per heavy atom. The predicted molar refractivity (Wildman–Crippen MR) is 117 cm³/mol. The normalized spacial score (nSPS) is 15.5. The molecule has 151 valence electrons. The number of rotatable bonds is 5. The third-order valence-electron chi connectivity index (χ3n) is 5.54. The number of nitrogens with one attached hydrogen (secondary N) is 2. The molecule has 0 bridgehead atoms. The van der Waals surface area contributed by atoms with Crippen molar-refractivity contribution in [2.24, 2.45) is 0 Å². The Morgan fingerprint density at radius 3 is 2.76 bits per heavy atom. The van der Waals surface area contributed by atoms with Gasteiger partial charge < -0.3 is 20.5 Å². The Hall–Kier alpha value is -1.46. The van der Waals surface area contributed by atoms with Crippen LogP contribution in [0, 0.1) is 6.92 Å². The molecule has 0 spiro atoms. The van der Waals surface area contributed by atoms with Crippen LogP contribution in [0.1, 0.15) is 46.8 Å². The fourth-order valence-electron chi connectivity index (χ4n) is 4.26. The smallest absolute Gasteiger partial charge is 0.0797 e. The number of hydrogen-bond acceptors (Lipinski definition) is 3. The van der Waals surface area contributed by atoms with Crippen LogP contribution in [-0.2, 0) is 45.6 Å². The quantitative estimate of drug-likeness (QED) is 0.407. The van der Waals surface area contributed by atoms with Crippen LogP contribution < -0.4 is 5.32 Å². The van der Waals surface area contributed by atoms with Gasteiger partial charge in [0.25, 0.3) is 0 Å². The van der Waals surface area contributed by atoms with E-state index in [9.17, 15) is 0 Å². The Labute approximate surface area is 198 Å². The van der Waals surface area contributed by atoms with E-state index < -0.39 is 0 Å². The zero-order valence-electron chi connectivity index (χ0n) is 17.3. The standard InChI is InChI=1S/C23H26N2O.CH4O.Y/c1-16-19(21-6-2-3-7-23(21)25-16)11-13-24-22-8-4-5-18-15-17(12-14-26)9-10-20(18)22;1-2;/h2-3,6-7,9-10,12,14-15,22,24-26H,4-5,8,11,13H2,1H3;2H,1H3;/b14-12+;;. The molecule has 0 fully saturated rings. The van der Waals surface area contributed by atoms with Crippen molar-refractivity contribution < 1.29 is 42.9 Å². The molecule has 2 aromatic carbocycles. The van der Waals surface area contributed by atoms with Gasteiger partial charge in [-0.3, -0.25) is 0 Å². The van der Waals surface area contributed by atoms with Crippen LogP contribution in [0.15, 0.2) is 48.7 Å². The third-order valence-corrected chi connectivity index (χ3v) is 5.54. The van der Waals surface area contributed by atoms with Crippen LogP contribution in [0.2, 0.25) is 0 Å². The van der Waals surface area contributed by atoms with E-state index in [1.54, 1.807) is 6.08 Å². The van der Waals surface area contributed by atoms with Gasteiger partial charge in [0, 0.05) is 62.5 Å². The first kappa shape index (κ1) is 23.8. The van der Waals surface area contributed by atoms with Gasteiger partial charge in [0.05, 0.1) is 6.26 Å². The number of benzene rings is 2. The summed E-state index contributed by atoms with van der Waals surface area (Å²) in [5.41, 5.74) is 7.83. The molecule has 0 amide bonds. The van der Waals surface area contributed by atoms with Gasteiger partial charge in [0.2, 0.25) is 0 Å². The van der Waals surface area contributed by atoms with Gasteiger partial charge in [-0.15, -0.1) is 0 Å². The van der Waals surface area contributed by atoms with Crippen molar-refractivity contribution in [1.82, 2.24) is 10.3 Å². The van der Waals surface area contributed by atoms with Crippen molar-refractivity contribution in [3.05, 3.63) is 76.7 Å². The predicted octanol–water partition coefficient (Wildman–Crippen LogP) is 4.82. The van der Waals surface area contributed by atoms with Crippen LogP contribution in [0.25, 0.3) is 17.0 Å². The minimum absolute atomic E-state index is 0. The molecule has 1 radical (unpaired) electrons. The first-order valence-electron chi connectivity index (χ1n) is 9.94. The third kappa shape index (κ3) is 5.58. The van der Waals surface area contributed by atoms with Crippen molar-refractivity contribution >= 4 is 17.0 Å². The summed E-state index contributed by atoms with van der Waals surface area (Å²) in [6.07, 6.45) is 7.42. The van der Waals surface area contributed by atoms with Crippen LogP contribution in [0.5, 0.6) is 0 Å². The van der Waals surface area contributed by atoms with Crippen molar-refractivity contribution in [3.8, 4) is 0 Å². The number of aryl methyl sites for hydroxylation is 2. The largest absolute Gasteiger partial charge is 0.516 e. The Morgan fingerprint density at radius 1 is 1.17 bits per heavy atom. The van der Waals surface area contributed by atoms with Crippen LogP contribution in [0.4, 0.5) is 0 Å². The Kier molecular flexibility index (Phi) is 9.58. The van der Waals surface area contributed by atoms with Gasteiger partial charge >= 0.3 is 0 Å². The second-order valence-electron chi connectivity index (χ2n) is 7.20. The zero-order chi connectivity index (χ0) is 19.9. The molecule has 3 aromatic rings. The topological polar surface area (TPSA) is 68.3 Å². The Bertz CT molecular complexity index is 949. The van der Waals surface area contributed by atoms with Crippen molar-refractivity contribution in [2.45, 2.75) is 38.6 Å². The second kappa shape index (κ2) is 11.7. The van der Waals surface area contributed by atoms with Crippen molar-refractivity contribution in [2.75, 3.05) is 13.7 Å². The Balaban J connectivity index is 0.000000970. The average Bonchev–Trinajstić information content (AvgIpc) is 3.05. The number of aliphatic hydroxyl groups excluding tert-OH is 2. The summed E-state index contributed by atoms with van der Waals surface area (Å²) in [6.45, 7) is 3.15. The van der Waals surface area contributed by atoms with E-state index in [1.165, 1.54) is 46.1 Å². The monoisotopic (exact) mass is 467 g/mol. The molecule has 0 aliphatic heterocycles. The van der Waals surface area contributed by atoms with Gasteiger partial charge in [-0.2, -0.15) is 0 Å². The molecule has 4 rings (SSSR count). The first-order chi connectivity index (χ1) is 13.8. The molecule has 29 heavy (non-hydrogen) atoms. The maximum Gasteiger partial charge on any atom is 0.0797 e. The first-order valence-corrected chi connectivity index (χ1v) is 9.94. The molecular formula is C24H30N2O2Y. The molecule has 1 heterocycles. The molecule has 5 heteroatoms. The van der Waals surface area contributed by atoms with Gasteiger partial charge in [0.1, 0.15) is 0 Å². The van der Waals surface area contributed by atoms with E-state index in [2.05, 4.69) is 59.7 Å². The molecule has 0 saturated carbocycles. The van der Waals surface area contributed by atoms with Crippen molar-refractivity contribution in [1.29, 1.82) is 0 Å². The van der Waals surface area contributed by atoms with E-state index >= 15 is 0 Å². The van der Waals surface area contributed by atoms with E-state index in [1.807, 2.05) is 0 Å². The summed E-state index contributed by atoms with van der Waals surface area (Å²) in [7, 11) is 1.00. The molecule has 1 aliphatic rings. The maximum absolute atomic E-state index is 8.98. The summed E-state index contributed by atoms with van der Waals surface area (Å²) in [5.74, 6) is 0. The summed E-state index contributed by atoms with van der Waals surface area (Å²) in [5, 5.41) is 21.1. The van der Waals surface area contributed by atoms with Crippen LogP contribution in [0.3, 0.4) is 0 Å². The number of aliphatic hydroxyl groups is 2. The maximum atomic E-state index is 8.98. The number of aromatic nitrogens is 1. The van der Waals surface area contributed by atoms with Crippen LogP contribution >= 0.6 is 0 Å². The fraction of sp³-hybridized carbons (Fsp3) is 0.333. The van der Waals surface area contributed by atoms with Crippen LogP contribution in [-0.4, -0.2) is 28.9 Å². The summed E-state index contributed by atoms with van der Waals surface area (Å²) in [6, 6.07) is 15.5. The minimum Gasteiger partial charge on any atom is -0.516 e. The molecule has 1 atom stereocenters. The second-order valence-corrected chi connectivity index (χ2v) is 7.20. The van der Waals surface area contributed by atoms with Gasteiger partial charge in [-0.05, 0) is 73.5 Å². The zero-order valence-corrected chi connectivity index (χ0v) is 20.1. The molecular weight excluding hydrogens is 437 g/mol. The summed E-state index contributed by atoms with van der Waals surface area (Å²) < 4.78 is 0.